The van der Waals surface area contributed by atoms with E-state index in [-0.39, 0.29) is 12.5 Å². The van der Waals surface area contributed by atoms with Crippen LogP contribution in [0.5, 0.6) is 0 Å². The van der Waals surface area contributed by atoms with E-state index in [9.17, 15) is 9.59 Å². The molecule has 6 nitrogen and oxygen atoms in total. The Kier molecular flexibility index (Phi) is 5.15. The van der Waals surface area contributed by atoms with Gasteiger partial charge in [-0.1, -0.05) is 0 Å². The van der Waals surface area contributed by atoms with Crippen LogP contribution in [0.15, 0.2) is 0 Å². The largest absolute Gasteiger partial charge is 0.480 e. The normalized spacial score (nSPS) is 22.4. The maximum atomic E-state index is 12.1. The summed E-state index contributed by atoms with van der Waals surface area (Å²) in [5.74, 6) is -0.550. The second-order valence-electron chi connectivity index (χ2n) is 5.39. The van der Waals surface area contributed by atoms with E-state index in [2.05, 4.69) is 4.90 Å². The van der Waals surface area contributed by atoms with Gasteiger partial charge in [0.05, 0.1) is 13.1 Å². The number of carbonyl (C=O) groups is 2. The number of rotatable bonds is 4. The van der Waals surface area contributed by atoms with Crippen molar-refractivity contribution in [1.82, 2.24) is 14.7 Å². The van der Waals surface area contributed by atoms with Crippen molar-refractivity contribution in [3.8, 4) is 0 Å². The van der Waals surface area contributed by atoms with Gasteiger partial charge in [-0.2, -0.15) is 0 Å². The number of nitrogens with zero attached hydrogens (tertiary/aromatic N) is 3. The van der Waals surface area contributed by atoms with Crippen LogP contribution in [0.2, 0.25) is 0 Å². The van der Waals surface area contributed by atoms with Crippen molar-refractivity contribution in [2.75, 3.05) is 52.4 Å². The molecule has 0 spiro atoms. The third kappa shape index (κ3) is 4.47. The second-order valence-corrected chi connectivity index (χ2v) is 5.39. The fourth-order valence-electron chi connectivity index (χ4n) is 2.79. The van der Waals surface area contributed by atoms with E-state index in [0.29, 0.717) is 6.54 Å². The Morgan fingerprint density at radius 2 is 1.37 bits per heavy atom. The number of carboxylic acids is 1. The van der Waals surface area contributed by atoms with Crippen molar-refractivity contribution in [2.24, 2.45) is 0 Å². The third-order valence-corrected chi connectivity index (χ3v) is 3.86. The van der Waals surface area contributed by atoms with E-state index in [1.165, 1.54) is 0 Å². The number of hydrogen-bond acceptors (Lipinski definition) is 4. The number of likely N-dealkylation sites (tertiary alicyclic amines) is 1. The Labute approximate surface area is 114 Å². The first-order chi connectivity index (χ1) is 9.15. The van der Waals surface area contributed by atoms with Crippen LogP contribution in [0, 0.1) is 0 Å². The van der Waals surface area contributed by atoms with Gasteiger partial charge in [0.15, 0.2) is 0 Å². The Morgan fingerprint density at radius 1 is 0.789 bits per heavy atom. The molecular weight excluding hydrogens is 246 g/mol. The van der Waals surface area contributed by atoms with Gasteiger partial charge in [-0.15, -0.1) is 0 Å². The van der Waals surface area contributed by atoms with Crippen molar-refractivity contribution in [3.05, 3.63) is 0 Å². The lowest BCUT2D eigenvalue weighted by Crippen LogP contribution is -2.40. The highest BCUT2D eigenvalue weighted by Crippen LogP contribution is 2.09. The van der Waals surface area contributed by atoms with Gasteiger partial charge in [-0.3, -0.25) is 19.4 Å². The van der Waals surface area contributed by atoms with Crippen LogP contribution in [0.25, 0.3) is 0 Å². The molecule has 2 aliphatic heterocycles. The topological polar surface area (TPSA) is 64.1 Å². The maximum absolute atomic E-state index is 12.1. The summed E-state index contributed by atoms with van der Waals surface area (Å²) in [6.07, 6.45) is 3.18. The first-order valence-electron chi connectivity index (χ1n) is 7.09. The molecule has 108 valence electrons. The van der Waals surface area contributed by atoms with Crippen molar-refractivity contribution < 1.29 is 14.7 Å². The summed E-state index contributed by atoms with van der Waals surface area (Å²) in [5, 5.41) is 8.80. The molecule has 1 N–H and O–H groups in total. The monoisotopic (exact) mass is 269 g/mol. The smallest absolute Gasteiger partial charge is 0.317 e. The Hall–Kier alpha value is -1.14. The number of carbonyl (C=O) groups excluding carboxylic acids is 1. The lowest BCUT2D eigenvalue weighted by atomic mass is 10.3. The van der Waals surface area contributed by atoms with Gasteiger partial charge in [-0.25, -0.2) is 0 Å². The fourth-order valence-corrected chi connectivity index (χ4v) is 2.79. The molecule has 0 saturated carbocycles. The van der Waals surface area contributed by atoms with Gasteiger partial charge in [0, 0.05) is 32.7 Å². The fraction of sp³-hybridized carbons (Fsp3) is 0.846. The Morgan fingerprint density at radius 3 is 1.95 bits per heavy atom. The number of carboxylic acid groups (broad SMARTS) is 1. The molecule has 2 aliphatic rings. The van der Waals surface area contributed by atoms with Gasteiger partial charge in [0.2, 0.25) is 5.91 Å². The molecule has 6 heteroatoms. The van der Waals surface area contributed by atoms with Crippen LogP contribution >= 0.6 is 0 Å². The summed E-state index contributed by atoms with van der Waals surface area (Å²) < 4.78 is 0. The Balaban J connectivity index is 1.75. The van der Waals surface area contributed by atoms with Gasteiger partial charge < -0.3 is 10.0 Å². The highest BCUT2D eigenvalue weighted by Gasteiger charge is 2.22. The Bertz CT molecular complexity index is 329. The van der Waals surface area contributed by atoms with Gasteiger partial charge in [0.25, 0.3) is 0 Å². The average Bonchev–Trinajstić information content (AvgIpc) is 2.80. The zero-order chi connectivity index (χ0) is 13.7. The molecular formula is C13H23N3O3. The molecule has 2 heterocycles. The summed E-state index contributed by atoms with van der Waals surface area (Å²) in [7, 11) is 0. The van der Waals surface area contributed by atoms with Crippen LogP contribution in [0.4, 0.5) is 0 Å². The van der Waals surface area contributed by atoms with Crippen molar-refractivity contribution in [1.29, 1.82) is 0 Å². The van der Waals surface area contributed by atoms with Crippen LogP contribution in [-0.4, -0.2) is 84.0 Å². The van der Waals surface area contributed by atoms with E-state index in [4.69, 9.17) is 5.11 Å². The van der Waals surface area contributed by atoms with Crippen molar-refractivity contribution in [3.63, 3.8) is 0 Å². The zero-order valence-electron chi connectivity index (χ0n) is 11.4. The molecule has 1 amide bonds. The molecule has 0 radical (unpaired) electrons. The molecule has 19 heavy (non-hydrogen) atoms. The van der Waals surface area contributed by atoms with E-state index in [1.54, 1.807) is 0 Å². The summed E-state index contributed by atoms with van der Waals surface area (Å²) in [5.41, 5.74) is 0. The number of amides is 1. The minimum atomic E-state index is -0.776. The molecule has 2 rings (SSSR count). The highest BCUT2D eigenvalue weighted by atomic mass is 16.4. The molecule has 0 aliphatic carbocycles. The lowest BCUT2D eigenvalue weighted by molar-refractivity contribution is -0.138. The minimum Gasteiger partial charge on any atom is -0.480 e. The van der Waals surface area contributed by atoms with E-state index in [0.717, 1.165) is 58.5 Å². The van der Waals surface area contributed by atoms with Crippen LogP contribution in [0.3, 0.4) is 0 Å². The predicted octanol–water partition coefficient (Wildman–Crippen LogP) is -0.299. The molecule has 0 aromatic rings. The van der Waals surface area contributed by atoms with E-state index >= 15 is 0 Å². The number of aliphatic carboxylic acids is 1. The lowest BCUT2D eigenvalue weighted by Gasteiger charge is -2.23. The summed E-state index contributed by atoms with van der Waals surface area (Å²) in [6, 6.07) is 0. The molecule has 0 unspecified atom stereocenters. The van der Waals surface area contributed by atoms with Gasteiger partial charge in [0.1, 0.15) is 0 Å². The molecule has 2 saturated heterocycles. The quantitative estimate of drug-likeness (QED) is 0.759. The molecule has 0 atom stereocenters. The summed E-state index contributed by atoms with van der Waals surface area (Å²) in [4.78, 5) is 28.8. The van der Waals surface area contributed by atoms with Crippen molar-refractivity contribution in [2.45, 2.75) is 19.3 Å². The van der Waals surface area contributed by atoms with Crippen LogP contribution in [-0.2, 0) is 9.59 Å². The SMILES string of the molecule is O=C(O)CN1CCCN(CC(=O)N2CCCC2)CC1. The third-order valence-electron chi connectivity index (χ3n) is 3.86. The van der Waals surface area contributed by atoms with E-state index in [1.807, 2.05) is 9.80 Å². The standard InChI is InChI=1S/C13H23N3O3/c17-12(16-6-1-2-7-16)10-14-4-3-5-15(9-8-14)11-13(18)19/h1-11H2,(H,18,19). The minimum absolute atomic E-state index is 0.105. The van der Waals surface area contributed by atoms with E-state index < -0.39 is 5.97 Å². The first kappa shape index (κ1) is 14.3. The highest BCUT2D eigenvalue weighted by molar-refractivity contribution is 5.78. The predicted molar refractivity (Wildman–Crippen MR) is 70.9 cm³/mol. The molecule has 0 aromatic carbocycles. The second kappa shape index (κ2) is 6.86. The van der Waals surface area contributed by atoms with Crippen molar-refractivity contribution >= 4 is 11.9 Å². The van der Waals surface area contributed by atoms with Gasteiger partial charge in [-0.05, 0) is 25.8 Å². The summed E-state index contributed by atoms with van der Waals surface area (Å²) >= 11 is 0. The molecule has 0 aromatic heterocycles. The first-order valence-corrected chi connectivity index (χ1v) is 7.09. The average molecular weight is 269 g/mol. The van der Waals surface area contributed by atoms with Crippen LogP contribution in [0.1, 0.15) is 19.3 Å². The maximum Gasteiger partial charge on any atom is 0.317 e. The molecule has 2 fully saturated rings. The number of hydrogen-bond donors (Lipinski definition) is 1. The van der Waals surface area contributed by atoms with Crippen LogP contribution < -0.4 is 0 Å². The van der Waals surface area contributed by atoms with Gasteiger partial charge >= 0.3 is 5.97 Å². The zero-order valence-corrected chi connectivity index (χ0v) is 11.4. The molecule has 0 bridgehead atoms. The summed E-state index contributed by atoms with van der Waals surface area (Å²) in [6.45, 7) is 5.60.